The van der Waals surface area contributed by atoms with E-state index in [0.29, 0.717) is 30.9 Å². The van der Waals surface area contributed by atoms with E-state index in [0.717, 1.165) is 16.6 Å². The van der Waals surface area contributed by atoms with Gasteiger partial charge in [-0.1, -0.05) is 24.8 Å². The first-order valence-electron chi connectivity index (χ1n) is 7.66. The van der Waals surface area contributed by atoms with Crippen molar-refractivity contribution < 1.29 is 9.53 Å². The van der Waals surface area contributed by atoms with Gasteiger partial charge in [0.1, 0.15) is 24.1 Å². The minimum absolute atomic E-state index is 0.0178. The summed E-state index contributed by atoms with van der Waals surface area (Å²) >= 11 is 0. The summed E-state index contributed by atoms with van der Waals surface area (Å²) in [5, 5.41) is 15.9. The predicted molar refractivity (Wildman–Crippen MR) is 87.0 cm³/mol. The molecule has 122 valence electrons. The Morgan fingerprint density at radius 2 is 2.33 bits per heavy atom. The van der Waals surface area contributed by atoms with E-state index in [1.54, 1.807) is 6.20 Å². The van der Waals surface area contributed by atoms with Gasteiger partial charge in [0.2, 0.25) is 0 Å². The van der Waals surface area contributed by atoms with Crippen molar-refractivity contribution in [3.8, 4) is 0 Å². The fraction of sp³-hybridized carbons (Fsp3) is 0.250. The number of aromatic amines is 1. The summed E-state index contributed by atoms with van der Waals surface area (Å²) in [7, 11) is 0. The van der Waals surface area contributed by atoms with Gasteiger partial charge in [0, 0.05) is 18.2 Å². The lowest BCUT2D eigenvalue weighted by molar-refractivity contribution is 0.0960. The van der Waals surface area contributed by atoms with Crippen LogP contribution >= 0.6 is 0 Å². The molecule has 0 spiro atoms. The third-order valence-electron chi connectivity index (χ3n) is 4.00. The van der Waals surface area contributed by atoms with Crippen molar-refractivity contribution in [3.63, 3.8) is 0 Å². The second-order valence-electron chi connectivity index (χ2n) is 5.65. The van der Waals surface area contributed by atoms with Gasteiger partial charge in [0.15, 0.2) is 5.78 Å². The number of hydrogen-bond donors (Lipinski definition) is 2. The molecular formula is C16H16N6O2. The molecule has 1 saturated heterocycles. The number of aromatic nitrogens is 5. The monoisotopic (exact) mass is 324 g/mol. The van der Waals surface area contributed by atoms with Crippen LogP contribution < -0.4 is 5.43 Å². The Balaban J connectivity index is 1.39. The number of carbonyl (C=O) groups is 1. The Morgan fingerprint density at radius 1 is 1.46 bits per heavy atom. The molecule has 3 heterocycles. The van der Waals surface area contributed by atoms with Crippen LogP contribution in [0.4, 0.5) is 0 Å². The maximum absolute atomic E-state index is 12.4. The molecule has 1 atom stereocenters. The van der Waals surface area contributed by atoms with Gasteiger partial charge in [0.05, 0.1) is 17.4 Å². The highest BCUT2D eigenvalue weighted by molar-refractivity contribution is 6.05. The second kappa shape index (κ2) is 5.80. The van der Waals surface area contributed by atoms with E-state index in [2.05, 4.69) is 32.5 Å². The molecule has 2 N–H and O–H groups in total. The number of fused-ring (bicyclic) bond motifs is 1. The molecule has 4 rings (SSSR count). The van der Waals surface area contributed by atoms with Crippen LogP contribution in [0.5, 0.6) is 0 Å². The van der Waals surface area contributed by atoms with E-state index in [1.165, 1.54) is 4.79 Å². The van der Waals surface area contributed by atoms with Gasteiger partial charge in [-0.15, -0.1) is 5.10 Å². The van der Waals surface area contributed by atoms with Gasteiger partial charge in [0.25, 0.3) is 0 Å². The Labute approximate surface area is 137 Å². The molecule has 2 aromatic heterocycles. The summed E-state index contributed by atoms with van der Waals surface area (Å²) < 4.78 is 5.10. The van der Waals surface area contributed by atoms with Crippen LogP contribution in [-0.2, 0) is 11.2 Å². The van der Waals surface area contributed by atoms with Crippen LogP contribution in [0.25, 0.3) is 10.9 Å². The van der Waals surface area contributed by atoms with Gasteiger partial charge >= 0.3 is 0 Å². The fourth-order valence-electron chi connectivity index (χ4n) is 2.57. The highest BCUT2D eigenvalue weighted by Gasteiger charge is 2.24. The summed E-state index contributed by atoms with van der Waals surface area (Å²) in [5.41, 5.74) is 5.17. The van der Waals surface area contributed by atoms with Crippen molar-refractivity contribution in [2.75, 3.05) is 12.0 Å². The first-order valence-corrected chi connectivity index (χ1v) is 7.66. The standard InChI is InChI=1S/C16H16N6O2/c1-10-14(9-24-10)20-22-8-11(17-21-22)6-7-15(23)16-12-4-2-3-5-13(12)18-19-16/h2-5,8,14,20H,1,6-7,9H2,(H,18,19). The molecule has 8 heteroatoms. The third-order valence-corrected chi connectivity index (χ3v) is 4.00. The molecular weight excluding hydrogens is 308 g/mol. The van der Waals surface area contributed by atoms with Crippen LogP contribution in [-0.4, -0.2) is 43.7 Å². The number of para-hydroxylation sites is 1. The van der Waals surface area contributed by atoms with Gasteiger partial charge < -0.3 is 4.74 Å². The molecule has 3 aromatic rings. The van der Waals surface area contributed by atoms with E-state index in [-0.39, 0.29) is 11.8 Å². The Kier molecular flexibility index (Phi) is 3.49. The minimum atomic E-state index is -0.0178. The van der Waals surface area contributed by atoms with E-state index >= 15 is 0 Å². The maximum Gasteiger partial charge on any atom is 0.184 e. The molecule has 1 unspecified atom stereocenters. The van der Waals surface area contributed by atoms with Crippen LogP contribution in [0.2, 0.25) is 0 Å². The molecule has 0 bridgehead atoms. The number of aryl methyl sites for hydroxylation is 1. The zero-order chi connectivity index (χ0) is 16.5. The van der Waals surface area contributed by atoms with Crippen molar-refractivity contribution in [3.05, 3.63) is 54.2 Å². The highest BCUT2D eigenvalue weighted by Crippen LogP contribution is 2.17. The van der Waals surface area contributed by atoms with E-state index in [1.807, 2.05) is 24.3 Å². The lowest BCUT2D eigenvalue weighted by atomic mass is 10.1. The molecule has 1 fully saturated rings. The summed E-state index contributed by atoms with van der Waals surface area (Å²) in [6.07, 6.45) is 2.60. The second-order valence-corrected chi connectivity index (χ2v) is 5.65. The Morgan fingerprint density at radius 3 is 3.12 bits per heavy atom. The molecule has 0 saturated carbocycles. The molecule has 1 aliphatic rings. The molecule has 0 aliphatic carbocycles. The Bertz CT molecular complexity index is 912. The van der Waals surface area contributed by atoms with Crippen LogP contribution in [0.15, 0.2) is 42.8 Å². The minimum Gasteiger partial charge on any atom is -0.493 e. The lowest BCUT2D eigenvalue weighted by Gasteiger charge is -2.30. The summed E-state index contributed by atoms with van der Waals surface area (Å²) in [4.78, 5) is 13.9. The maximum atomic E-state index is 12.4. The number of ketones is 1. The Hall–Kier alpha value is -3.16. The number of nitrogens with zero attached hydrogens (tertiary/aromatic N) is 4. The van der Waals surface area contributed by atoms with Gasteiger partial charge in [-0.05, 0) is 11.3 Å². The van der Waals surface area contributed by atoms with E-state index < -0.39 is 0 Å². The number of benzene rings is 1. The fourth-order valence-corrected chi connectivity index (χ4v) is 2.57. The zero-order valence-electron chi connectivity index (χ0n) is 12.9. The molecule has 0 radical (unpaired) electrons. The normalized spacial score (nSPS) is 16.7. The number of rotatable bonds is 6. The van der Waals surface area contributed by atoms with E-state index in [4.69, 9.17) is 4.74 Å². The van der Waals surface area contributed by atoms with Crippen molar-refractivity contribution >= 4 is 16.7 Å². The number of hydrogen-bond acceptors (Lipinski definition) is 6. The van der Waals surface area contributed by atoms with Crippen molar-refractivity contribution in [2.24, 2.45) is 0 Å². The number of Topliss-reactive ketones (excluding diaryl/α,β-unsaturated/α-hetero) is 1. The summed E-state index contributed by atoms with van der Waals surface area (Å²) in [6.45, 7) is 4.33. The highest BCUT2D eigenvalue weighted by atomic mass is 16.5. The van der Waals surface area contributed by atoms with Crippen LogP contribution in [0.1, 0.15) is 22.6 Å². The molecule has 1 aromatic carbocycles. The first-order chi connectivity index (χ1) is 11.7. The zero-order valence-corrected chi connectivity index (χ0v) is 12.9. The first kappa shape index (κ1) is 14.4. The van der Waals surface area contributed by atoms with E-state index in [9.17, 15) is 4.79 Å². The number of H-pyrrole nitrogens is 1. The smallest absolute Gasteiger partial charge is 0.184 e. The van der Waals surface area contributed by atoms with Gasteiger partial charge in [-0.25, -0.2) is 0 Å². The summed E-state index contributed by atoms with van der Waals surface area (Å²) in [6, 6.07) is 7.64. The number of ether oxygens (including phenoxy) is 1. The molecule has 8 nitrogen and oxygen atoms in total. The van der Waals surface area contributed by atoms with Crippen molar-refractivity contribution in [1.29, 1.82) is 0 Å². The van der Waals surface area contributed by atoms with Crippen molar-refractivity contribution in [1.82, 2.24) is 25.3 Å². The lowest BCUT2D eigenvalue weighted by Crippen LogP contribution is -2.42. The van der Waals surface area contributed by atoms with Crippen molar-refractivity contribution in [2.45, 2.75) is 18.9 Å². The largest absolute Gasteiger partial charge is 0.493 e. The predicted octanol–water partition coefficient (Wildman–Crippen LogP) is 1.43. The number of carbonyl (C=O) groups excluding carboxylic acids is 1. The van der Waals surface area contributed by atoms with Gasteiger partial charge in [-0.2, -0.15) is 9.89 Å². The third kappa shape index (κ3) is 2.62. The average Bonchev–Trinajstić information content (AvgIpc) is 3.23. The SMILES string of the molecule is C=C1OCC1Nn1cc(CCC(=O)c2n[nH]c3ccccc23)nn1. The van der Waals surface area contributed by atoms with Crippen LogP contribution in [0, 0.1) is 0 Å². The quantitative estimate of drug-likeness (QED) is 0.666. The molecule has 1 aliphatic heterocycles. The van der Waals surface area contributed by atoms with Gasteiger partial charge in [-0.3, -0.25) is 15.3 Å². The molecule has 24 heavy (non-hydrogen) atoms. The topological polar surface area (TPSA) is 97.7 Å². The summed E-state index contributed by atoms with van der Waals surface area (Å²) in [5.74, 6) is 0.670. The van der Waals surface area contributed by atoms with Crippen LogP contribution in [0.3, 0.4) is 0 Å². The number of nitrogens with one attached hydrogen (secondary N) is 2. The molecule has 0 amide bonds. The average molecular weight is 324 g/mol.